The summed E-state index contributed by atoms with van der Waals surface area (Å²) in [7, 11) is 0. The third-order valence-electron chi connectivity index (χ3n) is 4.51. The van der Waals surface area contributed by atoms with Gasteiger partial charge < -0.3 is 5.11 Å². The van der Waals surface area contributed by atoms with Gasteiger partial charge in [0.1, 0.15) is 0 Å². The SMILES string of the molecule is CC12CCC(C[C]1O)C2(C)C. The van der Waals surface area contributed by atoms with E-state index in [0.717, 1.165) is 18.4 Å². The Bertz CT molecular complexity index is 185. The van der Waals surface area contributed by atoms with Crippen LogP contribution in [0.15, 0.2) is 0 Å². The molecule has 2 saturated carbocycles. The second kappa shape index (κ2) is 1.82. The molecule has 0 aromatic carbocycles. The number of hydrogen-bond donors (Lipinski definition) is 1. The van der Waals surface area contributed by atoms with Crippen LogP contribution in [-0.4, -0.2) is 5.11 Å². The number of fused-ring (bicyclic) bond motifs is 2. The van der Waals surface area contributed by atoms with Crippen molar-refractivity contribution in [3.8, 4) is 0 Å². The standard InChI is InChI=1S/C10H17O/c1-9(2)7-4-5-10(9,3)8(11)6-7/h7,11H,4-6H2,1-3H3. The molecule has 0 aliphatic heterocycles. The highest BCUT2D eigenvalue weighted by molar-refractivity contribution is 5.18. The van der Waals surface area contributed by atoms with Gasteiger partial charge in [0, 0.05) is 5.41 Å². The van der Waals surface area contributed by atoms with Crippen LogP contribution in [-0.2, 0) is 0 Å². The van der Waals surface area contributed by atoms with E-state index in [-0.39, 0.29) is 5.41 Å². The van der Waals surface area contributed by atoms with Crippen molar-refractivity contribution in [1.82, 2.24) is 0 Å². The molecule has 1 nitrogen and oxygen atoms in total. The van der Waals surface area contributed by atoms with Crippen molar-refractivity contribution in [3.63, 3.8) is 0 Å². The van der Waals surface area contributed by atoms with Gasteiger partial charge in [-0.15, -0.1) is 0 Å². The minimum Gasteiger partial charge on any atom is -0.386 e. The summed E-state index contributed by atoms with van der Waals surface area (Å²) in [6, 6.07) is 0. The van der Waals surface area contributed by atoms with Crippen LogP contribution >= 0.6 is 0 Å². The van der Waals surface area contributed by atoms with Gasteiger partial charge in [-0.1, -0.05) is 20.8 Å². The molecule has 1 radical (unpaired) electrons. The average Bonchev–Trinajstić information content (AvgIpc) is 2.20. The van der Waals surface area contributed by atoms with E-state index in [2.05, 4.69) is 20.8 Å². The summed E-state index contributed by atoms with van der Waals surface area (Å²) in [5, 5.41) is 9.73. The van der Waals surface area contributed by atoms with Gasteiger partial charge in [-0.2, -0.15) is 0 Å². The molecule has 2 fully saturated rings. The van der Waals surface area contributed by atoms with E-state index in [9.17, 15) is 5.11 Å². The molecule has 0 amide bonds. The van der Waals surface area contributed by atoms with Crippen molar-refractivity contribution >= 4 is 0 Å². The van der Waals surface area contributed by atoms with Crippen LogP contribution in [0.1, 0.15) is 40.0 Å². The van der Waals surface area contributed by atoms with Gasteiger partial charge in [-0.05, 0) is 30.6 Å². The molecule has 11 heavy (non-hydrogen) atoms. The summed E-state index contributed by atoms with van der Waals surface area (Å²) in [6.07, 6.45) is 4.23. The lowest BCUT2D eigenvalue weighted by Gasteiger charge is -2.36. The van der Waals surface area contributed by atoms with Crippen LogP contribution in [0.25, 0.3) is 0 Å². The average molecular weight is 153 g/mol. The second-order valence-electron chi connectivity index (χ2n) is 4.94. The zero-order valence-electron chi connectivity index (χ0n) is 7.65. The highest BCUT2D eigenvalue weighted by Gasteiger charge is 2.61. The largest absolute Gasteiger partial charge is 0.386 e. The molecule has 1 heteroatoms. The molecule has 0 aromatic rings. The number of rotatable bonds is 0. The van der Waals surface area contributed by atoms with E-state index in [1.54, 1.807) is 0 Å². The number of aliphatic hydroxyl groups excluding tert-OH is 1. The van der Waals surface area contributed by atoms with Crippen LogP contribution in [0.4, 0.5) is 0 Å². The summed E-state index contributed by atoms with van der Waals surface area (Å²) in [5.41, 5.74) is 0.481. The molecular formula is C10H17O. The Morgan fingerprint density at radius 2 is 2.00 bits per heavy atom. The van der Waals surface area contributed by atoms with Crippen molar-refractivity contribution in [2.45, 2.75) is 40.0 Å². The summed E-state index contributed by atoms with van der Waals surface area (Å²) in [5.74, 6) is 0.743. The lowest BCUT2D eigenvalue weighted by atomic mass is 9.70. The molecule has 2 unspecified atom stereocenters. The Labute approximate surface area is 68.8 Å². The minimum absolute atomic E-state index is 0.137. The Balaban J connectivity index is 2.40. The van der Waals surface area contributed by atoms with Gasteiger partial charge in [-0.25, -0.2) is 0 Å². The summed E-state index contributed by atoms with van der Waals surface area (Å²) < 4.78 is 0. The molecule has 0 aromatic heterocycles. The molecule has 2 aliphatic carbocycles. The lowest BCUT2D eigenvalue weighted by Crippen LogP contribution is -2.30. The van der Waals surface area contributed by atoms with Gasteiger partial charge in [0.05, 0.1) is 6.10 Å². The van der Waals surface area contributed by atoms with Crippen LogP contribution in [0, 0.1) is 22.9 Å². The fraction of sp³-hybridized carbons (Fsp3) is 0.900. The van der Waals surface area contributed by atoms with Crippen molar-refractivity contribution in [1.29, 1.82) is 0 Å². The Kier molecular flexibility index (Phi) is 1.26. The maximum absolute atomic E-state index is 9.73. The summed E-state index contributed by atoms with van der Waals surface area (Å²) in [4.78, 5) is 0. The third kappa shape index (κ3) is 0.658. The van der Waals surface area contributed by atoms with Crippen molar-refractivity contribution in [2.75, 3.05) is 0 Å². The molecular weight excluding hydrogens is 136 g/mol. The predicted molar refractivity (Wildman–Crippen MR) is 44.4 cm³/mol. The molecule has 1 N–H and O–H groups in total. The van der Waals surface area contributed by atoms with Gasteiger partial charge >= 0.3 is 0 Å². The molecule has 0 saturated heterocycles. The van der Waals surface area contributed by atoms with Gasteiger partial charge in [0.15, 0.2) is 0 Å². The first-order valence-corrected chi connectivity index (χ1v) is 4.54. The van der Waals surface area contributed by atoms with Gasteiger partial charge in [0.2, 0.25) is 0 Å². The van der Waals surface area contributed by atoms with Crippen molar-refractivity contribution in [2.24, 2.45) is 16.7 Å². The first kappa shape index (κ1) is 7.60. The van der Waals surface area contributed by atoms with Crippen LogP contribution in [0.5, 0.6) is 0 Å². The highest BCUT2D eigenvalue weighted by Crippen LogP contribution is 2.68. The van der Waals surface area contributed by atoms with Crippen LogP contribution in [0.2, 0.25) is 0 Å². The number of hydrogen-bond acceptors (Lipinski definition) is 1. The fourth-order valence-corrected chi connectivity index (χ4v) is 2.93. The normalized spacial score (nSPS) is 48.5. The molecule has 0 spiro atoms. The number of aliphatic hydroxyl groups is 1. The molecule has 2 rings (SSSR count). The monoisotopic (exact) mass is 153 g/mol. The molecule has 0 heterocycles. The minimum atomic E-state index is 0.137. The third-order valence-corrected chi connectivity index (χ3v) is 4.51. The molecule has 2 aliphatic rings. The quantitative estimate of drug-likeness (QED) is 0.567. The maximum atomic E-state index is 9.73. The van der Waals surface area contributed by atoms with Crippen molar-refractivity contribution in [3.05, 3.63) is 6.10 Å². The first-order chi connectivity index (χ1) is 4.98. The Morgan fingerprint density at radius 1 is 1.36 bits per heavy atom. The van der Waals surface area contributed by atoms with E-state index in [0.29, 0.717) is 5.41 Å². The topological polar surface area (TPSA) is 20.2 Å². The lowest BCUT2D eigenvalue weighted by molar-refractivity contribution is 0.0927. The van der Waals surface area contributed by atoms with E-state index in [1.165, 1.54) is 12.8 Å². The first-order valence-electron chi connectivity index (χ1n) is 4.54. The van der Waals surface area contributed by atoms with E-state index >= 15 is 0 Å². The zero-order chi connectivity index (χ0) is 8.28. The van der Waals surface area contributed by atoms with Crippen LogP contribution < -0.4 is 0 Å². The molecule has 63 valence electrons. The fourth-order valence-electron chi connectivity index (χ4n) is 2.93. The Hall–Kier alpha value is -0.0400. The summed E-state index contributed by atoms with van der Waals surface area (Å²) >= 11 is 0. The Morgan fingerprint density at radius 3 is 2.18 bits per heavy atom. The van der Waals surface area contributed by atoms with Crippen LogP contribution in [0.3, 0.4) is 0 Å². The second-order valence-corrected chi connectivity index (χ2v) is 4.94. The van der Waals surface area contributed by atoms with Gasteiger partial charge in [0.25, 0.3) is 0 Å². The molecule has 2 bridgehead atoms. The van der Waals surface area contributed by atoms with Gasteiger partial charge in [-0.3, -0.25) is 0 Å². The summed E-state index contributed by atoms with van der Waals surface area (Å²) in [6.45, 7) is 6.82. The van der Waals surface area contributed by atoms with E-state index in [1.807, 2.05) is 0 Å². The van der Waals surface area contributed by atoms with E-state index in [4.69, 9.17) is 0 Å². The smallest absolute Gasteiger partial charge is 0.1000 e. The maximum Gasteiger partial charge on any atom is 0.1000 e. The predicted octanol–water partition coefficient (Wildman–Crippen LogP) is 2.74. The zero-order valence-corrected chi connectivity index (χ0v) is 7.65. The van der Waals surface area contributed by atoms with E-state index < -0.39 is 0 Å². The van der Waals surface area contributed by atoms with Crippen molar-refractivity contribution < 1.29 is 5.11 Å². The molecule has 2 atom stereocenters. The highest BCUT2D eigenvalue weighted by atomic mass is 16.3.